The summed E-state index contributed by atoms with van der Waals surface area (Å²) in [5.74, 6) is 0. The monoisotopic (exact) mass is 109 g/mol. The van der Waals surface area contributed by atoms with Gasteiger partial charge in [-0.25, -0.2) is 0 Å². The maximum absolute atomic E-state index is 8.79. The Morgan fingerprint density at radius 3 is 1.75 bits per heavy atom. The Kier molecular flexibility index (Phi) is 21.3. The number of hydrogen-bond acceptors (Lipinski definition) is 1. The van der Waals surface area contributed by atoms with E-state index in [1.54, 1.807) is 0 Å². The largest absolute Gasteiger partial charge is 2.00 e. The van der Waals surface area contributed by atoms with E-state index in [-0.39, 0.29) is 21.7 Å². The molecule has 0 bridgehead atoms. The van der Waals surface area contributed by atoms with Crippen LogP contribution in [0.3, 0.4) is 0 Å². The molecule has 0 aromatic rings. The molecule has 0 saturated heterocycles. The molecule has 0 amide bonds. The molecule has 0 aromatic carbocycles. The molecular formula is H3NOSiTi+2. The summed E-state index contributed by atoms with van der Waals surface area (Å²) in [7, 11) is -1.00. The maximum Gasteiger partial charge on any atom is 2.00 e. The molecule has 0 radical (unpaired) electrons. The van der Waals surface area contributed by atoms with Crippen LogP contribution in [-0.2, 0) is 26.2 Å². The Labute approximate surface area is 41.6 Å². The van der Waals surface area contributed by atoms with Gasteiger partial charge in [-0.3, -0.25) is 0 Å². The van der Waals surface area contributed by atoms with Gasteiger partial charge in [-0.2, -0.15) is 0 Å². The van der Waals surface area contributed by atoms with Crippen LogP contribution in [0, 0.1) is 0 Å². The molecule has 0 saturated carbocycles. The molecule has 4 heavy (non-hydrogen) atoms. The number of nitrogens with two attached hydrogens (primary N) is 1. The topological polar surface area (TPSA) is 43.1 Å². The van der Waals surface area contributed by atoms with Crippen molar-refractivity contribution < 1.29 is 26.2 Å². The maximum atomic E-state index is 8.79. The van der Waals surface area contributed by atoms with Gasteiger partial charge < -0.3 is 9.86 Å². The minimum atomic E-state index is -1.00. The van der Waals surface area contributed by atoms with Gasteiger partial charge in [0.2, 0.25) is 0 Å². The summed E-state index contributed by atoms with van der Waals surface area (Å²) in [6, 6.07) is 0. The minimum Gasteiger partial charge on any atom is -0.405 e. The van der Waals surface area contributed by atoms with Crippen molar-refractivity contribution in [1.82, 2.24) is 0 Å². The van der Waals surface area contributed by atoms with Crippen molar-refractivity contribution in [3.63, 3.8) is 0 Å². The predicted octanol–water partition coefficient (Wildman–Crippen LogP) is -1.36. The fourth-order valence-electron chi connectivity index (χ4n) is 0. The summed E-state index contributed by atoms with van der Waals surface area (Å²) >= 11 is 0. The van der Waals surface area contributed by atoms with E-state index in [0.717, 1.165) is 0 Å². The SMILES string of the molecule is N[SiH]=O.[Ti+2]. The Hall–Kier alpha value is 0.531. The molecule has 2 N–H and O–H groups in total. The van der Waals surface area contributed by atoms with E-state index in [4.69, 9.17) is 4.46 Å². The van der Waals surface area contributed by atoms with Crippen molar-refractivity contribution in [2.45, 2.75) is 0 Å². The van der Waals surface area contributed by atoms with Crippen LogP contribution >= 0.6 is 0 Å². The molecule has 0 spiro atoms. The Bertz CT molecular complexity index is 15.5. The van der Waals surface area contributed by atoms with E-state index in [1.807, 2.05) is 0 Å². The quantitative estimate of drug-likeness (QED) is 0.390. The molecule has 0 heterocycles. The summed E-state index contributed by atoms with van der Waals surface area (Å²) in [5.41, 5.74) is 0. The van der Waals surface area contributed by atoms with Gasteiger partial charge in [-0.05, 0) is 0 Å². The van der Waals surface area contributed by atoms with Crippen LogP contribution in [0.15, 0.2) is 0 Å². The van der Waals surface area contributed by atoms with Gasteiger partial charge in [0.1, 0.15) is 0 Å². The van der Waals surface area contributed by atoms with Gasteiger partial charge >= 0.3 is 31.3 Å². The van der Waals surface area contributed by atoms with Crippen molar-refractivity contribution in [3.05, 3.63) is 0 Å². The minimum absolute atomic E-state index is 0. The zero-order valence-corrected chi connectivity index (χ0v) is 4.78. The third kappa shape index (κ3) is 21.0. The second-order valence-electron chi connectivity index (χ2n) is 0.136. The summed E-state index contributed by atoms with van der Waals surface area (Å²) < 4.78 is 8.79. The van der Waals surface area contributed by atoms with Gasteiger partial charge in [0.05, 0.1) is 0 Å². The molecule has 0 rings (SSSR count). The van der Waals surface area contributed by atoms with Crippen LogP contribution in [0.4, 0.5) is 0 Å². The zero-order valence-electron chi connectivity index (χ0n) is 2.06. The van der Waals surface area contributed by atoms with Gasteiger partial charge in [-0.1, -0.05) is 0 Å². The van der Waals surface area contributed by atoms with Crippen molar-refractivity contribution in [2.24, 2.45) is 5.40 Å². The molecule has 20 valence electrons. The van der Waals surface area contributed by atoms with E-state index in [0.29, 0.717) is 0 Å². The molecule has 2 nitrogen and oxygen atoms in total. The van der Waals surface area contributed by atoms with Crippen LogP contribution in [0.1, 0.15) is 0 Å². The van der Waals surface area contributed by atoms with E-state index < -0.39 is 9.57 Å². The molecule has 0 atom stereocenters. The average Bonchev–Trinajstić information content (AvgIpc) is 0.918. The second kappa shape index (κ2) is 9.65. The first-order chi connectivity index (χ1) is 1.41. The number of hydrogen-bond donors (Lipinski definition) is 1. The van der Waals surface area contributed by atoms with E-state index >= 15 is 0 Å². The third-order valence-corrected chi connectivity index (χ3v) is 0. The molecule has 0 aliphatic rings. The van der Waals surface area contributed by atoms with Gasteiger partial charge in [-0.15, -0.1) is 0 Å². The van der Waals surface area contributed by atoms with Crippen LogP contribution in [0.2, 0.25) is 0 Å². The zero-order chi connectivity index (χ0) is 2.71. The van der Waals surface area contributed by atoms with E-state index in [2.05, 4.69) is 5.40 Å². The number of rotatable bonds is 0. The van der Waals surface area contributed by atoms with Crippen molar-refractivity contribution in [3.8, 4) is 0 Å². The van der Waals surface area contributed by atoms with Crippen molar-refractivity contribution in [1.29, 1.82) is 0 Å². The smallest absolute Gasteiger partial charge is 0.405 e. The fraction of sp³-hybridized carbons (Fsp3) is 0. The summed E-state index contributed by atoms with van der Waals surface area (Å²) in [5, 5.41) is 4.38. The standard InChI is InChI=1S/H3NOSi.Ti/c1-3-2;/h3H,1H2;/q;+2. The molecule has 0 unspecified atom stereocenters. The van der Waals surface area contributed by atoms with Crippen molar-refractivity contribution in [2.75, 3.05) is 0 Å². The fourth-order valence-corrected chi connectivity index (χ4v) is 0. The summed E-state index contributed by atoms with van der Waals surface area (Å²) in [6.45, 7) is 0. The van der Waals surface area contributed by atoms with E-state index in [9.17, 15) is 0 Å². The molecular weight excluding hydrogens is 106 g/mol. The molecule has 0 aliphatic carbocycles. The second-order valence-corrected chi connectivity index (χ2v) is 0.408. The Morgan fingerprint density at radius 1 is 1.75 bits per heavy atom. The molecule has 0 aromatic heterocycles. The first-order valence-corrected chi connectivity index (χ1v) is 1.71. The first-order valence-electron chi connectivity index (χ1n) is 0.569. The summed E-state index contributed by atoms with van der Waals surface area (Å²) in [4.78, 5) is 0. The van der Waals surface area contributed by atoms with Crippen LogP contribution in [0.25, 0.3) is 0 Å². The van der Waals surface area contributed by atoms with Crippen LogP contribution in [-0.4, -0.2) is 9.57 Å². The van der Waals surface area contributed by atoms with Crippen molar-refractivity contribution >= 4 is 9.57 Å². The van der Waals surface area contributed by atoms with E-state index in [1.165, 1.54) is 0 Å². The van der Waals surface area contributed by atoms with Crippen LogP contribution < -0.4 is 5.40 Å². The van der Waals surface area contributed by atoms with Gasteiger partial charge in [0, 0.05) is 0 Å². The Morgan fingerprint density at radius 2 is 1.75 bits per heavy atom. The third-order valence-electron chi connectivity index (χ3n) is 0. The Balaban J connectivity index is 0. The first kappa shape index (κ1) is 8.82. The van der Waals surface area contributed by atoms with Gasteiger partial charge in [0.15, 0.2) is 0 Å². The van der Waals surface area contributed by atoms with Crippen LogP contribution in [0.5, 0.6) is 0 Å². The average molecular weight is 109 g/mol. The molecule has 0 aliphatic heterocycles. The normalized spacial score (nSPS) is 3.00. The molecule has 4 heteroatoms. The van der Waals surface area contributed by atoms with Gasteiger partial charge in [0.25, 0.3) is 0 Å². The summed E-state index contributed by atoms with van der Waals surface area (Å²) in [6.07, 6.45) is 0. The molecule has 0 fully saturated rings. The predicted molar refractivity (Wildman–Crippen MR) is 12.0 cm³/mol.